The highest BCUT2D eigenvalue weighted by atomic mass is 16.5. The van der Waals surface area contributed by atoms with Crippen LogP contribution in [-0.4, -0.2) is 50.3 Å². The molecule has 0 aromatic heterocycles. The molecule has 102 valence electrons. The van der Waals surface area contributed by atoms with Gasteiger partial charge in [0.05, 0.1) is 6.10 Å². The van der Waals surface area contributed by atoms with Gasteiger partial charge in [-0.1, -0.05) is 6.92 Å². The van der Waals surface area contributed by atoms with E-state index in [0.717, 1.165) is 18.6 Å². The molecule has 1 N–H and O–H groups in total. The van der Waals surface area contributed by atoms with Crippen LogP contribution < -0.4 is 5.32 Å². The Kier molecular flexibility index (Phi) is 7.09. The van der Waals surface area contributed by atoms with Crippen molar-refractivity contribution in [1.29, 1.82) is 0 Å². The molecule has 3 heteroatoms. The van der Waals surface area contributed by atoms with Gasteiger partial charge in [-0.15, -0.1) is 0 Å². The largest absolute Gasteiger partial charge is 0.380 e. The fraction of sp³-hybridized carbons (Fsp3) is 1.00. The lowest BCUT2D eigenvalue weighted by atomic mass is 9.90. The van der Waals surface area contributed by atoms with Crippen LogP contribution >= 0.6 is 0 Å². The van der Waals surface area contributed by atoms with E-state index in [-0.39, 0.29) is 0 Å². The summed E-state index contributed by atoms with van der Waals surface area (Å²) in [4.78, 5) is 2.48. The van der Waals surface area contributed by atoms with Crippen LogP contribution in [0.25, 0.3) is 0 Å². The molecule has 0 heterocycles. The fourth-order valence-electron chi connectivity index (χ4n) is 2.70. The molecule has 1 rings (SSSR count). The summed E-state index contributed by atoms with van der Waals surface area (Å²) in [6, 6.07) is 1.52. The van der Waals surface area contributed by atoms with E-state index in [1.54, 1.807) is 7.11 Å². The van der Waals surface area contributed by atoms with Crippen LogP contribution in [-0.2, 0) is 4.74 Å². The number of hydrogen-bond acceptors (Lipinski definition) is 3. The molecule has 1 aliphatic carbocycles. The number of nitrogens with zero attached hydrogens (tertiary/aromatic N) is 1. The van der Waals surface area contributed by atoms with Crippen molar-refractivity contribution in [3.8, 4) is 0 Å². The Morgan fingerprint density at radius 2 is 1.94 bits per heavy atom. The van der Waals surface area contributed by atoms with Crippen LogP contribution in [0.5, 0.6) is 0 Å². The predicted molar refractivity (Wildman–Crippen MR) is 73.4 cm³/mol. The first-order valence-corrected chi connectivity index (χ1v) is 7.13. The molecule has 1 aliphatic rings. The number of methoxy groups -OCH3 is 1. The van der Waals surface area contributed by atoms with E-state index in [2.05, 4.69) is 31.1 Å². The quantitative estimate of drug-likeness (QED) is 0.741. The van der Waals surface area contributed by atoms with Crippen molar-refractivity contribution < 1.29 is 4.74 Å². The Balaban J connectivity index is 2.21. The molecule has 0 aromatic carbocycles. The van der Waals surface area contributed by atoms with Crippen molar-refractivity contribution in [2.45, 2.75) is 64.1 Å². The molecular weight excluding hydrogens is 212 g/mol. The molecule has 0 amide bonds. The van der Waals surface area contributed by atoms with E-state index >= 15 is 0 Å². The summed E-state index contributed by atoms with van der Waals surface area (Å²) in [5.41, 5.74) is 0. The third-order valence-electron chi connectivity index (χ3n) is 3.95. The highest BCUT2D eigenvalue weighted by Gasteiger charge is 2.24. The maximum atomic E-state index is 5.33. The zero-order valence-electron chi connectivity index (χ0n) is 12.0. The highest BCUT2D eigenvalue weighted by Crippen LogP contribution is 2.22. The topological polar surface area (TPSA) is 24.5 Å². The predicted octanol–water partition coefficient (Wildman–Crippen LogP) is 2.26. The fourth-order valence-corrected chi connectivity index (χ4v) is 2.70. The molecule has 1 fully saturated rings. The zero-order chi connectivity index (χ0) is 12.7. The Labute approximate surface area is 107 Å². The second kappa shape index (κ2) is 8.06. The standard InChI is InChI=1S/C14H30N2O/c1-5-10-15-13-6-8-14(9-7-13)16(3)11-12(2)17-4/h12-15H,5-11H2,1-4H3. The first-order chi connectivity index (χ1) is 8.17. The van der Waals surface area contributed by atoms with Crippen LogP contribution in [0.15, 0.2) is 0 Å². The summed E-state index contributed by atoms with van der Waals surface area (Å²) in [7, 11) is 4.03. The van der Waals surface area contributed by atoms with E-state index in [0.29, 0.717) is 6.10 Å². The van der Waals surface area contributed by atoms with Gasteiger partial charge >= 0.3 is 0 Å². The number of nitrogens with one attached hydrogen (secondary N) is 1. The monoisotopic (exact) mass is 242 g/mol. The van der Waals surface area contributed by atoms with E-state index < -0.39 is 0 Å². The van der Waals surface area contributed by atoms with Gasteiger partial charge < -0.3 is 15.0 Å². The molecule has 0 aromatic rings. The highest BCUT2D eigenvalue weighted by molar-refractivity contribution is 4.82. The lowest BCUT2D eigenvalue weighted by molar-refractivity contribution is 0.0615. The van der Waals surface area contributed by atoms with Gasteiger partial charge in [-0.05, 0) is 52.6 Å². The van der Waals surface area contributed by atoms with Crippen molar-refractivity contribution >= 4 is 0 Å². The molecule has 0 aliphatic heterocycles. The van der Waals surface area contributed by atoms with Gasteiger partial charge in [0.2, 0.25) is 0 Å². The summed E-state index contributed by atoms with van der Waals surface area (Å²) >= 11 is 0. The van der Waals surface area contributed by atoms with Gasteiger partial charge in [-0.2, -0.15) is 0 Å². The maximum absolute atomic E-state index is 5.33. The van der Waals surface area contributed by atoms with Crippen molar-refractivity contribution in [2.75, 3.05) is 27.2 Å². The minimum atomic E-state index is 0.343. The number of hydrogen-bond donors (Lipinski definition) is 1. The second-order valence-corrected chi connectivity index (χ2v) is 5.45. The maximum Gasteiger partial charge on any atom is 0.0670 e. The van der Waals surface area contributed by atoms with Crippen molar-refractivity contribution in [3.05, 3.63) is 0 Å². The Morgan fingerprint density at radius 3 is 2.47 bits per heavy atom. The first-order valence-electron chi connectivity index (χ1n) is 7.13. The molecule has 0 saturated heterocycles. The molecule has 1 atom stereocenters. The second-order valence-electron chi connectivity index (χ2n) is 5.45. The molecule has 0 radical (unpaired) electrons. The third-order valence-corrected chi connectivity index (χ3v) is 3.95. The summed E-state index contributed by atoms with van der Waals surface area (Å²) < 4.78 is 5.33. The summed E-state index contributed by atoms with van der Waals surface area (Å²) in [6.45, 7) is 6.60. The van der Waals surface area contributed by atoms with Crippen LogP contribution in [0.2, 0.25) is 0 Å². The third kappa shape index (κ3) is 5.36. The first kappa shape index (κ1) is 14.9. The van der Waals surface area contributed by atoms with Gasteiger partial charge in [0, 0.05) is 25.7 Å². The summed E-state index contributed by atoms with van der Waals surface area (Å²) in [5, 5.41) is 3.64. The normalized spacial score (nSPS) is 27.4. The average molecular weight is 242 g/mol. The van der Waals surface area contributed by atoms with Crippen molar-refractivity contribution in [2.24, 2.45) is 0 Å². The Morgan fingerprint density at radius 1 is 1.29 bits per heavy atom. The summed E-state index contributed by atoms with van der Waals surface area (Å²) in [5.74, 6) is 0. The van der Waals surface area contributed by atoms with Crippen molar-refractivity contribution in [3.63, 3.8) is 0 Å². The molecule has 0 spiro atoms. The number of likely N-dealkylation sites (N-methyl/N-ethyl adjacent to an activating group) is 1. The van der Waals surface area contributed by atoms with Gasteiger partial charge in [-0.3, -0.25) is 0 Å². The summed E-state index contributed by atoms with van der Waals surface area (Å²) in [6.07, 6.45) is 6.90. The number of rotatable bonds is 7. The Hall–Kier alpha value is -0.120. The van der Waals surface area contributed by atoms with Gasteiger partial charge in [0.25, 0.3) is 0 Å². The minimum Gasteiger partial charge on any atom is -0.380 e. The minimum absolute atomic E-state index is 0.343. The van der Waals surface area contributed by atoms with Gasteiger partial charge in [-0.25, -0.2) is 0 Å². The van der Waals surface area contributed by atoms with Crippen LogP contribution in [0.3, 0.4) is 0 Å². The lowest BCUT2D eigenvalue weighted by Gasteiger charge is -2.36. The SMILES string of the molecule is CCCNC1CCC(N(C)CC(C)OC)CC1. The van der Waals surface area contributed by atoms with Crippen LogP contribution in [0, 0.1) is 0 Å². The molecule has 1 saturated carbocycles. The Bertz CT molecular complexity index is 191. The van der Waals surface area contributed by atoms with E-state index in [1.807, 2.05) is 0 Å². The van der Waals surface area contributed by atoms with E-state index in [4.69, 9.17) is 4.74 Å². The number of ether oxygens (including phenoxy) is 1. The van der Waals surface area contributed by atoms with Gasteiger partial charge in [0.15, 0.2) is 0 Å². The van der Waals surface area contributed by atoms with E-state index in [9.17, 15) is 0 Å². The van der Waals surface area contributed by atoms with Crippen LogP contribution in [0.4, 0.5) is 0 Å². The zero-order valence-corrected chi connectivity index (χ0v) is 12.0. The molecule has 0 bridgehead atoms. The molecule has 17 heavy (non-hydrogen) atoms. The van der Waals surface area contributed by atoms with Gasteiger partial charge in [0.1, 0.15) is 0 Å². The van der Waals surface area contributed by atoms with E-state index in [1.165, 1.54) is 38.6 Å². The smallest absolute Gasteiger partial charge is 0.0670 e. The lowest BCUT2D eigenvalue weighted by Crippen LogP contribution is -2.43. The molecule has 3 nitrogen and oxygen atoms in total. The van der Waals surface area contributed by atoms with Crippen molar-refractivity contribution in [1.82, 2.24) is 10.2 Å². The average Bonchev–Trinajstić information content (AvgIpc) is 2.36. The molecular formula is C14H30N2O. The molecule has 1 unspecified atom stereocenters. The van der Waals surface area contributed by atoms with Crippen LogP contribution in [0.1, 0.15) is 46.0 Å².